The van der Waals surface area contributed by atoms with Gasteiger partial charge in [0.2, 0.25) is 0 Å². The fourth-order valence-electron chi connectivity index (χ4n) is 0.627. The third-order valence-electron chi connectivity index (χ3n) is 1.12. The van der Waals surface area contributed by atoms with E-state index in [2.05, 4.69) is 4.74 Å². The minimum absolute atomic E-state index is 0.600. The van der Waals surface area contributed by atoms with Crippen LogP contribution in [0, 0.1) is 0 Å². The number of hydrogen-bond acceptors (Lipinski definition) is 3. The molecule has 0 aliphatic rings. The van der Waals surface area contributed by atoms with Gasteiger partial charge in [0.25, 0.3) is 0 Å². The second-order valence-electron chi connectivity index (χ2n) is 2.94. The average molecular weight is 172 g/mol. The topological polar surface area (TPSA) is 42.6 Å². The van der Waals surface area contributed by atoms with Crippen molar-refractivity contribution in [3.05, 3.63) is 24.2 Å². The van der Waals surface area contributed by atoms with Gasteiger partial charge in [0, 0.05) is 14.2 Å². The minimum Gasteiger partial charge on any atom is -0.466 e. The van der Waals surface area contributed by atoms with E-state index in [0.29, 0.717) is 5.76 Å². The first-order valence-corrected chi connectivity index (χ1v) is 3.69. The molecular formula is C9H16O3. The van der Waals surface area contributed by atoms with Crippen LogP contribution in [0.4, 0.5) is 0 Å². The lowest BCUT2D eigenvalue weighted by Crippen LogP contribution is -2.13. The second-order valence-corrected chi connectivity index (χ2v) is 2.94. The summed E-state index contributed by atoms with van der Waals surface area (Å²) < 4.78 is 9.20. The maximum Gasteiger partial charge on any atom is 0.134 e. The molecule has 0 aliphatic heterocycles. The zero-order valence-electron chi connectivity index (χ0n) is 8.00. The van der Waals surface area contributed by atoms with Crippen LogP contribution in [-0.2, 0) is 10.3 Å². The van der Waals surface area contributed by atoms with Gasteiger partial charge in [-0.05, 0) is 26.0 Å². The lowest BCUT2D eigenvalue weighted by Gasteiger charge is -2.12. The Balaban J connectivity index is 0.000000354. The van der Waals surface area contributed by atoms with Gasteiger partial charge in [-0.1, -0.05) is 0 Å². The SMILES string of the molecule is CC(C)(O)c1ccco1.COC. The van der Waals surface area contributed by atoms with Gasteiger partial charge in [0.15, 0.2) is 0 Å². The summed E-state index contributed by atoms with van der Waals surface area (Å²) in [4.78, 5) is 0. The predicted molar refractivity (Wildman–Crippen MR) is 46.9 cm³/mol. The highest BCUT2D eigenvalue weighted by Crippen LogP contribution is 2.18. The maximum atomic E-state index is 9.28. The zero-order chi connectivity index (χ0) is 9.61. The fourth-order valence-corrected chi connectivity index (χ4v) is 0.627. The molecule has 0 saturated heterocycles. The smallest absolute Gasteiger partial charge is 0.134 e. The summed E-state index contributed by atoms with van der Waals surface area (Å²) in [6.07, 6.45) is 1.55. The minimum atomic E-state index is -0.844. The van der Waals surface area contributed by atoms with E-state index < -0.39 is 5.60 Å². The van der Waals surface area contributed by atoms with E-state index in [1.165, 1.54) is 0 Å². The summed E-state index contributed by atoms with van der Waals surface area (Å²) >= 11 is 0. The first-order chi connectivity index (χ1) is 5.52. The quantitative estimate of drug-likeness (QED) is 0.702. The van der Waals surface area contributed by atoms with E-state index in [9.17, 15) is 5.11 Å². The molecule has 3 heteroatoms. The third kappa shape index (κ3) is 4.16. The lowest BCUT2D eigenvalue weighted by molar-refractivity contribution is 0.0541. The summed E-state index contributed by atoms with van der Waals surface area (Å²) in [5, 5.41) is 9.28. The van der Waals surface area contributed by atoms with Crippen molar-refractivity contribution in [3.8, 4) is 0 Å². The summed E-state index contributed by atoms with van der Waals surface area (Å²) in [6.45, 7) is 3.37. The molecule has 0 bridgehead atoms. The van der Waals surface area contributed by atoms with E-state index >= 15 is 0 Å². The molecule has 0 atom stereocenters. The average Bonchev–Trinajstić information content (AvgIpc) is 2.36. The highest BCUT2D eigenvalue weighted by molar-refractivity contribution is 5.05. The number of furan rings is 1. The Morgan fingerprint density at radius 3 is 2.08 bits per heavy atom. The Bertz CT molecular complexity index is 184. The first kappa shape index (κ1) is 11.2. The normalized spacial score (nSPS) is 10.4. The van der Waals surface area contributed by atoms with E-state index in [1.54, 1.807) is 46.5 Å². The van der Waals surface area contributed by atoms with Crippen molar-refractivity contribution in [1.29, 1.82) is 0 Å². The molecule has 0 spiro atoms. The monoisotopic (exact) mass is 172 g/mol. The fraction of sp³-hybridized carbons (Fsp3) is 0.556. The summed E-state index contributed by atoms with van der Waals surface area (Å²) in [5.41, 5.74) is -0.844. The Morgan fingerprint density at radius 1 is 1.42 bits per heavy atom. The van der Waals surface area contributed by atoms with Gasteiger partial charge in [0.1, 0.15) is 11.4 Å². The highest BCUT2D eigenvalue weighted by atomic mass is 16.4. The van der Waals surface area contributed by atoms with Crippen LogP contribution in [0.5, 0.6) is 0 Å². The molecule has 0 radical (unpaired) electrons. The van der Waals surface area contributed by atoms with Gasteiger partial charge in [-0.25, -0.2) is 0 Å². The van der Waals surface area contributed by atoms with Gasteiger partial charge in [-0.2, -0.15) is 0 Å². The molecule has 0 amide bonds. The Kier molecular flexibility index (Phi) is 4.62. The number of rotatable bonds is 1. The van der Waals surface area contributed by atoms with Crippen LogP contribution < -0.4 is 0 Å². The Labute approximate surface area is 73.0 Å². The van der Waals surface area contributed by atoms with Gasteiger partial charge in [-0.3, -0.25) is 0 Å². The lowest BCUT2D eigenvalue weighted by atomic mass is 10.1. The van der Waals surface area contributed by atoms with Crippen LogP contribution in [0.3, 0.4) is 0 Å². The maximum absolute atomic E-state index is 9.28. The molecule has 1 N–H and O–H groups in total. The molecular weight excluding hydrogens is 156 g/mol. The number of hydrogen-bond donors (Lipinski definition) is 1. The number of methoxy groups -OCH3 is 1. The molecule has 12 heavy (non-hydrogen) atoms. The van der Waals surface area contributed by atoms with Gasteiger partial charge in [0.05, 0.1) is 6.26 Å². The van der Waals surface area contributed by atoms with E-state index in [4.69, 9.17) is 4.42 Å². The standard InChI is InChI=1S/C7H10O2.C2H6O/c1-7(2,8)6-4-3-5-9-6;1-3-2/h3-5,8H,1-2H3;1-2H3. The summed E-state index contributed by atoms with van der Waals surface area (Å²) in [7, 11) is 3.25. The molecule has 70 valence electrons. The molecule has 1 heterocycles. The van der Waals surface area contributed by atoms with Crippen molar-refractivity contribution in [1.82, 2.24) is 0 Å². The largest absolute Gasteiger partial charge is 0.466 e. The van der Waals surface area contributed by atoms with Crippen LogP contribution in [0.2, 0.25) is 0 Å². The van der Waals surface area contributed by atoms with Crippen molar-refractivity contribution in [2.45, 2.75) is 19.4 Å². The molecule has 1 aromatic rings. The van der Waals surface area contributed by atoms with Crippen molar-refractivity contribution in [2.24, 2.45) is 0 Å². The van der Waals surface area contributed by atoms with Crippen LogP contribution in [0.25, 0.3) is 0 Å². The Hall–Kier alpha value is -0.800. The number of aliphatic hydroxyl groups is 1. The first-order valence-electron chi connectivity index (χ1n) is 3.69. The van der Waals surface area contributed by atoms with Gasteiger partial charge >= 0.3 is 0 Å². The molecule has 0 unspecified atom stereocenters. The van der Waals surface area contributed by atoms with Gasteiger partial charge < -0.3 is 14.3 Å². The highest BCUT2D eigenvalue weighted by Gasteiger charge is 2.17. The van der Waals surface area contributed by atoms with Crippen LogP contribution in [0.1, 0.15) is 19.6 Å². The Morgan fingerprint density at radius 2 is 1.92 bits per heavy atom. The van der Waals surface area contributed by atoms with Crippen molar-refractivity contribution in [3.63, 3.8) is 0 Å². The van der Waals surface area contributed by atoms with Crippen molar-refractivity contribution >= 4 is 0 Å². The van der Waals surface area contributed by atoms with Gasteiger partial charge in [-0.15, -0.1) is 0 Å². The molecule has 0 aliphatic carbocycles. The molecule has 1 aromatic heterocycles. The predicted octanol–water partition coefficient (Wildman–Crippen LogP) is 1.77. The van der Waals surface area contributed by atoms with Crippen molar-refractivity contribution in [2.75, 3.05) is 14.2 Å². The van der Waals surface area contributed by atoms with Crippen LogP contribution in [-0.4, -0.2) is 19.3 Å². The molecule has 3 nitrogen and oxygen atoms in total. The molecule has 1 rings (SSSR count). The summed E-state index contributed by atoms with van der Waals surface area (Å²) in [6, 6.07) is 3.51. The van der Waals surface area contributed by atoms with E-state index in [-0.39, 0.29) is 0 Å². The summed E-state index contributed by atoms with van der Waals surface area (Å²) in [5.74, 6) is 0.600. The van der Waals surface area contributed by atoms with E-state index in [1.807, 2.05) is 0 Å². The second kappa shape index (κ2) is 4.95. The number of ether oxygens (including phenoxy) is 1. The molecule has 0 saturated carbocycles. The van der Waals surface area contributed by atoms with Crippen LogP contribution >= 0.6 is 0 Å². The molecule has 0 aromatic carbocycles. The zero-order valence-corrected chi connectivity index (χ0v) is 8.00. The van der Waals surface area contributed by atoms with E-state index in [0.717, 1.165) is 0 Å². The third-order valence-corrected chi connectivity index (χ3v) is 1.12. The molecule has 0 fully saturated rings. The van der Waals surface area contributed by atoms with Crippen molar-refractivity contribution < 1.29 is 14.3 Å². The van der Waals surface area contributed by atoms with Crippen LogP contribution in [0.15, 0.2) is 22.8 Å².